The van der Waals surface area contributed by atoms with E-state index in [0.29, 0.717) is 24.6 Å². The second kappa shape index (κ2) is 6.35. The van der Waals surface area contributed by atoms with Gasteiger partial charge in [0.2, 0.25) is 5.88 Å². The van der Waals surface area contributed by atoms with Crippen LogP contribution in [0.1, 0.15) is 30.1 Å². The summed E-state index contributed by atoms with van der Waals surface area (Å²) < 4.78 is 10.9. The molecule has 0 bridgehead atoms. The third kappa shape index (κ3) is 3.43. The Morgan fingerprint density at radius 3 is 3.28 bits per heavy atom. The van der Waals surface area contributed by atoms with E-state index in [9.17, 15) is 4.79 Å². The molecule has 1 aromatic rings. The second-order valence-corrected chi connectivity index (χ2v) is 4.24. The van der Waals surface area contributed by atoms with Crippen LogP contribution in [0.4, 0.5) is 0 Å². The van der Waals surface area contributed by atoms with Crippen molar-refractivity contribution < 1.29 is 14.3 Å². The maximum Gasteiger partial charge on any atom is 0.251 e. The summed E-state index contributed by atoms with van der Waals surface area (Å²) in [6.07, 6.45) is 3.42. The highest BCUT2D eigenvalue weighted by Gasteiger charge is 2.18. The molecule has 2 heterocycles. The van der Waals surface area contributed by atoms with E-state index in [2.05, 4.69) is 10.3 Å². The minimum absolute atomic E-state index is 0.0476. The fourth-order valence-electron chi connectivity index (χ4n) is 1.73. The summed E-state index contributed by atoms with van der Waals surface area (Å²) in [6, 6.07) is 3.35. The van der Waals surface area contributed by atoms with Crippen molar-refractivity contribution in [1.82, 2.24) is 10.3 Å². The molecule has 1 saturated heterocycles. The Balaban J connectivity index is 1.97. The first kappa shape index (κ1) is 12.8. The van der Waals surface area contributed by atoms with Gasteiger partial charge in [0.05, 0.1) is 13.2 Å². The SMILES string of the molecule is CCCNC(=O)c1ccnc(OC2CCOC2)c1. The van der Waals surface area contributed by atoms with Gasteiger partial charge in [0.1, 0.15) is 6.10 Å². The van der Waals surface area contributed by atoms with E-state index in [1.54, 1.807) is 18.3 Å². The Hall–Kier alpha value is -1.62. The molecule has 0 radical (unpaired) electrons. The Morgan fingerprint density at radius 2 is 2.56 bits per heavy atom. The standard InChI is InChI=1S/C13H18N2O3/c1-2-5-15-13(16)10-3-6-14-12(8-10)18-11-4-7-17-9-11/h3,6,8,11H,2,4-5,7,9H2,1H3,(H,15,16). The summed E-state index contributed by atoms with van der Waals surface area (Å²) >= 11 is 0. The van der Waals surface area contributed by atoms with Gasteiger partial charge in [-0.3, -0.25) is 4.79 Å². The number of ether oxygens (including phenoxy) is 2. The van der Waals surface area contributed by atoms with Crippen LogP contribution in [0.3, 0.4) is 0 Å². The number of amides is 1. The zero-order valence-electron chi connectivity index (χ0n) is 10.5. The van der Waals surface area contributed by atoms with Crippen molar-refractivity contribution in [2.24, 2.45) is 0 Å². The van der Waals surface area contributed by atoms with Crippen LogP contribution in [0.5, 0.6) is 5.88 Å². The monoisotopic (exact) mass is 250 g/mol. The Kier molecular flexibility index (Phi) is 4.52. The zero-order valence-corrected chi connectivity index (χ0v) is 10.5. The third-order valence-corrected chi connectivity index (χ3v) is 2.71. The number of hydrogen-bond donors (Lipinski definition) is 1. The van der Waals surface area contributed by atoms with E-state index in [-0.39, 0.29) is 12.0 Å². The van der Waals surface area contributed by atoms with E-state index >= 15 is 0 Å². The summed E-state index contributed by atoms with van der Waals surface area (Å²) in [5.74, 6) is 0.390. The van der Waals surface area contributed by atoms with Crippen molar-refractivity contribution in [3.63, 3.8) is 0 Å². The van der Waals surface area contributed by atoms with E-state index < -0.39 is 0 Å². The highest BCUT2D eigenvalue weighted by atomic mass is 16.5. The molecule has 1 fully saturated rings. The van der Waals surface area contributed by atoms with Crippen LogP contribution < -0.4 is 10.1 Å². The molecule has 98 valence electrons. The van der Waals surface area contributed by atoms with Gasteiger partial charge in [0.15, 0.2) is 0 Å². The van der Waals surface area contributed by atoms with Crippen molar-refractivity contribution in [3.8, 4) is 5.88 Å². The highest BCUT2D eigenvalue weighted by molar-refractivity contribution is 5.94. The van der Waals surface area contributed by atoms with Gasteiger partial charge in [0, 0.05) is 30.8 Å². The van der Waals surface area contributed by atoms with Gasteiger partial charge < -0.3 is 14.8 Å². The first-order valence-electron chi connectivity index (χ1n) is 6.28. The first-order chi connectivity index (χ1) is 8.79. The van der Waals surface area contributed by atoms with Crippen LogP contribution >= 0.6 is 0 Å². The maximum atomic E-state index is 11.8. The second-order valence-electron chi connectivity index (χ2n) is 4.24. The van der Waals surface area contributed by atoms with Gasteiger partial charge in [-0.25, -0.2) is 4.98 Å². The summed E-state index contributed by atoms with van der Waals surface area (Å²) in [6.45, 7) is 4.00. The van der Waals surface area contributed by atoms with E-state index in [0.717, 1.165) is 19.4 Å². The summed E-state index contributed by atoms with van der Waals surface area (Å²) in [7, 11) is 0. The molecule has 0 spiro atoms. The minimum Gasteiger partial charge on any atom is -0.472 e. The van der Waals surface area contributed by atoms with Crippen molar-refractivity contribution in [3.05, 3.63) is 23.9 Å². The van der Waals surface area contributed by atoms with E-state index in [4.69, 9.17) is 9.47 Å². The number of pyridine rings is 1. The Bertz CT molecular complexity index is 403. The fourth-order valence-corrected chi connectivity index (χ4v) is 1.73. The molecule has 1 unspecified atom stereocenters. The van der Waals surface area contributed by atoms with Crippen LogP contribution in [0, 0.1) is 0 Å². The molecule has 1 amide bonds. The van der Waals surface area contributed by atoms with E-state index in [1.165, 1.54) is 0 Å². The molecule has 1 aliphatic rings. The fraction of sp³-hybridized carbons (Fsp3) is 0.538. The van der Waals surface area contributed by atoms with Gasteiger partial charge in [-0.2, -0.15) is 0 Å². The van der Waals surface area contributed by atoms with E-state index in [1.807, 2.05) is 6.92 Å². The molecule has 18 heavy (non-hydrogen) atoms. The lowest BCUT2D eigenvalue weighted by Gasteiger charge is -2.11. The number of nitrogens with one attached hydrogen (secondary N) is 1. The molecular formula is C13H18N2O3. The molecule has 1 aliphatic heterocycles. The molecule has 1 atom stereocenters. The number of hydrogen-bond acceptors (Lipinski definition) is 4. The lowest BCUT2D eigenvalue weighted by molar-refractivity contribution is 0.0952. The van der Waals surface area contributed by atoms with Crippen LogP contribution in [-0.4, -0.2) is 36.8 Å². The Labute approximate surface area is 107 Å². The molecule has 5 heteroatoms. The molecule has 1 aromatic heterocycles. The van der Waals surface area contributed by atoms with Crippen molar-refractivity contribution in [2.75, 3.05) is 19.8 Å². The molecule has 0 aromatic carbocycles. The van der Waals surface area contributed by atoms with Gasteiger partial charge in [-0.1, -0.05) is 6.92 Å². The van der Waals surface area contributed by atoms with Crippen LogP contribution in [-0.2, 0) is 4.74 Å². The number of nitrogens with zero attached hydrogens (tertiary/aromatic N) is 1. The average molecular weight is 250 g/mol. The van der Waals surface area contributed by atoms with Crippen molar-refractivity contribution in [2.45, 2.75) is 25.9 Å². The van der Waals surface area contributed by atoms with Gasteiger partial charge >= 0.3 is 0 Å². The van der Waals surface area contributed by atoms with Gasteiger partial charge in [-0.15, -0.1) is 0 Å². The first-order valence-corrected chi connectivity index (χ1v) is 6.28. The summed E-state index contributed by atoms with van der Waals surface area (Å²) in [5.41, 5.74) is 0.576. The van der Waals surface area contributed by atoms with Crippen LogP contribution in [0.2, 0.25) is 0 Å². The lowest BCUT2D eigenvalue weighted by Crippen LogP contribution is -2.24. The predicted octanol–water partition coefficient (Wildman–Crippen LogP) is 1.39. The normalized spacial score (nSPS) is 18.6. The molecule has 5 nitrogen and oxygen atoms in total. The molecule has 0 saturated carbocycles. The lowest BCUT2D eigenvalue weighted by atomic mass is 10.2. The van der Waals surface area contributed by atoms with Crippen molar-refractivity contribution >= 4 is 5.91 Å². The number of aromatic nitrogens is 1. The number of carbonyl (C=O) groups excluding carboxylic acids is 1. The minimum atomic E-state index is -0.0910. The van der Waals surface area contributed by atoms with Gasteiger partial charge in [0.25, 0.3) is 5.91 Å². The topological polar surface area (TPSA) is 60.5 Å². The summed E-state index contributed by atoms with van der Waals surface area (Å²) in [4.78, 5) is 15.9. The number of carbonyl (C=O) groups is 1. The van der Waals surface area contributed by atoms with Crippen LogP contribution in [0.25, 0.3) is 0 Å². The van der Waals surface area contributed by atoms with Crippen molar-refractivity contribution in [1.29, 1.82) is 0 Å². The average Bonchev–Trinajstić information content (AvgIpc) is 2.89. The number of rotatable bonds is 5. The highest BCUT2D eigenvalue weighted by Crippen LogP contribution is 2.15. The summed E-state index contributed by atoms with van der Waals surface area (Å²) in [5, 5.41) is 2.82. The molecule has 2 rings (SSSR count). The Morgan fingerprint density at radius 1 is 1.67 bits per heavy atom. The molecule has 1 N–H and O–H groups in total. The van der Waals surface area contributed by atoms with Gasteiger partial charge in [-0.05, 0) is 12.5 Å². The maximum absolute atomic E-state index is 11.8. The predicted molar refractivity (Wildman–Crippen MR) is 66.7 cm³/mol. The zero-order chi connectivity index (χ0) is 12.8. The van der Waals surface area contributed by atoms with Crippen LogP contribution in [0.15, 0.2) is 18.3 Å². The molecule has 0 aliphatic carbocycles. The largest absolute Gasteiger partial charge is 0.472 e. The molecular weight excluding hydrogens is 232 g/mol. The smallest absolute Gasteiger partial charge is 0.251 e. The quantitative estimate of drug-likeness (QED) is 0.858. The third-order valence-electron chi connectivity index (χ3n) is 2.71.